The first-order valence-electron chi connectivity index (χ1n) is 5.98. The highest BCUT2D eigenvalue weighted by molar-refractivity contribution is 9.10. The Morgan fingerprint density at radius 3 is 2.47 bits per heavy atom. The van der Waals surface area contributed by atoms with Gasteiger partial charge in [0.05, 0.1) is 0 Å². The van der Waals surface area contributed by atoms with E-state index in [1.807, 2.05) is 31.2 Å². The van der Waals surface area contributed by atoms with E-state index in [9.17, 15) is 4.39 Å². The summed E-state index contributed by atoms with van der Waals surface area (Å²) in [7, 11) is 0. The van der Waals surface area contributed by atoms with Gasteiger partial charge in [-0.05, 0) is 36.8 Å². The van der Waals surface area contributed by atoms with Crippen molar-refractivity contribution in [2.45, 2.75) is 19.6 Å². The van der Waals surface area contributed by atoms with Gasteiger partial charge >= 0.3 is 0 Å². The van der Waals surface area contributed by atoms with Gasteiger partial charge in [-0.15, -0.1) is 0 Å². The summed E-state index contributed by atoms with van der Waals surface area (Å²) >= 11 is 3.22. The van der Waals surface area contributed by atoms with Gasteiger partial charge in [0.25, 0.3) is 0 Å². The minimum Gasteiger partial charge on any atom is -0.489 e. The van der Waals surface area contributed by atoms with E-state index in [0.717, 1.165) is 10.0 Å². The van der Waals surface area contributed by atoms with Crippen molar-refractivity contribution >= 4 is 15.9 Å². The molecule has 2 aromatic carbocycles. The summed E-state index contributed by atoms with van der Waals surface area (Å²) in [5, 5.41) is 0. The molecule has 1 atom stereocenters. The van der Waals surface area contributed by atoms with Crippen molar-refractivity contribution in [2.75, 3.05) is 0 Å². The van der Waals surface area contributed by atoms with E-state index in [-0.39, 0.29) is 18.5 Å². The Bertz CT molecular complexity index is 555. The molecule has 19 heavy (non-hydrogen) atoms. The van der Waals surface area contributed by atoms with Crippen molar-refractivity contribution in [3.63, 3.8) is 0 Å². The number of rotatable bonds is 4. The fourth-order valence-corrected chi connectivity index (χ4v) is 2.00. The molecule has 2 aromatic rings. The SMILES string of the molecule is C[C@H](N)c1ccc(OCc2ccc(Br)cc2F)cc1. The van der Waals surface area contributed by atoms with Crippen LogP contribution in [0.1, 0.15) is 24.1 Å². The molecule has 0 aromatic heterocycles. The Morgan fingerprint density at radius 1 is 1.21 bits per heavy atom. The summed E-state index contributed by atoms with van der Waals surface area (Å²) in [4.78, 5) is 0. The Hall–Kier alpha value is -1.39. The summed E-state index contributed by atoms with van der Waals surface area (Å²) in [5.74, 6) is 0.424. The van der Waals surface area contributed by atoms with Crippen LogP contribution in [-0.4, -0.2) is 0 Å². The predicted molar refractivity (Wildman–Crippen MR) is 77.5 cm³/mol. The normalized spacial score (nSPS) is 12.2. The van der Waals surface area contributed by atoms with Crippen LogP contribution < -0.4 is 10.5 Å². The molecule has 0 amide bonds. The molecule has 2 N–H and O–H groups in total. The topological polar surface area (TPSA) is 35.2 Å². The van der Waals surface area contributed by atoms with E-state index in [1.165, 1.54) is 6.07 Å². The fraction of sp³-hybridized carbons (Fsp3) is 0.200. The summed E-state index contributed by atoms with van der Waals surface area (Å²) < 4.78 is 19.9. The molecule has 2 rings (SSSR count). The highest BCUT2D eigenvalue weighted by Gasteiger charge is 2.04. The zero-order valence-corrected chi connectivity index (χ0v) is 12.2. The molecule has 4 heteroatoms. The first kappa shape index (κ1) is 14.0. The molecule has 0 saturated carbocycles. The first-order valence-corrected chi connectivity index (χ1v) is 6.78. The summed E-state index contributed by atoms with van der Waals surface area (Å²) in [6.07, 6.45) is 0. The molecule has 0 radical (unpaired) electrons. The highest BCUT2D eigenvalue weighted by atomic mass is 79.9. The minimum absolute atomic E-state index is 0.00188. The summed E-state index contributed by atoms with van der Waals surface area (Å²) in [6.45, 7) is 2.13. The Balaban J connectivity index is 2.02. The molecule has 0 heterocycles. The van der Waals surface area contributed by atoms with Gasteiger partial charge in [0, 0.05) is 16.1 Å². The second kappa shape index (κ2) is 6.17. The molecule has 0 saturated heterocycles. The van der Waals surface area contributed by atoms with Crippen LogP contribution in [0, 0.1) is 5.82 Å². The van der Waals surface area contributed by atoms with E-state index in [2.05, 4.69) is 15.9 Å². The monoisotopic (exact) mass is 323 g/mol. The molecule has 0 aliphatic heterocycles. The number of benzene rings is 2. The van der Waals surface area contributed by atoms with Crippen molar-refractivity contribution < 1.29 is 9.13 Å². The molecule has 2 nitrogen and oxygen atoms in total. The lowest BCUT2D eigenvalue weighted by Gasteiger charge is -2.09. The maximum atomic E-state index is 13.6. The van der Waals surface area contributed by atoms with Crippen molar-refractivity contribution in [1.82, 2.24) is 0 Å². The standard InChI is InChI=1S/C15H15BrFNO/c1-10(18)11-3-6-14(7-4-11)19-9-12-2-5-13(16)8-15(12)17/h2-8,10H,9,18H2,1H3/t10-/m0/s1. The fourth-order valence-electron chi connectivity index (χ4n) is 1.67. The molecular weight excluding hydrogens is 309 g/mol. The zero-order valence-electron chi connectivity index (χ0n) is 10.6. The van der Waals surface area contributed by atoms with Crippen molar-refractivity contribution in [3.05, 3.63) is 63.9 Å². The lowest BCUT2D eigenvalue weighted by Crippen LogP contribution is -2.04. The van der Waals surface area contributed by atoms with Gasteiger partial charge in [0.15, 0.2) is 0 Å². The number of ether oxygens (including phenoxy) is 1. The van der Waals surface area contributed by atoms with Gasteiger partial charge in [-0.25, -0.2) is 4.39 Å². The van der Waals surface area contributed by atoms with Crippen LogP contribution in [0.4, 0.5) is 4.39 Å². The highest BCUT2D eigenvalue weighted by Crippen LogP contribution is 2.19. The van der Waals surface area contributed by atoms with E-state index in [0.29, 0.717) is 11.3 Å². The molecule has 100 valence electrons. The van der Waals surface area contributed by atoms with Crippen LogP contribution >= 0.6 is 15.9 Å². The van der Waals surface area contributed by atoms with E-state index < -0.39 is 0 Å². The third-order valence-electron chi connectivity index (χ3n) is 2.82. The van der Waals surface area contributed by atoms with Gasteiger partial charge in [-0.1, -0.05) is 34.1 Å². The molecule has 0 spiro atoms. The third kappa shape index (κ3) is 3.78. The van der Waals surface area contributed by atoms with Crippen LogP contribution in [0.5, 0.6) is 5.75 Å². The first-order chi connectivity index (χ1) is 9.06. The van der Waals surface area contributed by atoms with Crippen LogP contribution in [0.15, 0.2) is 46.9 Å². The third-order valence-corrected chi connectivity index (χ3v) is 3.31. The predicted octanol–water partition coefficient (Wildman–Crippen LogP) is 4.19. The lowest BCUT2D eigenvalue weighted by atomic mass is 10.1. The Kier molecular flexibility index (Phi) is 4.56. The van der Waals surface area contributed by atoms with E-state index >= 15 is 0 Å². The maximum Gasteiger partial charge on any atom is 0.130 e. The number of halogens is 2. The maximum absolute atomic E-state index is 13.6. The van der Waals surface area contributed by atoms with Crippen LogP contribution in [-0.2, 0) is 6.61 Å². The summed E-state index contributed by atoms with van der Waals surface area (Å²) in [5.41, 5.74) is 7.34. The second-order valence-corrected chi connectivity index (χ2v) is 5.30. The van der Waals surface area contributed by atoms with Gasteiger partial charge in [-0.3, -0.25) is 0 Å². The average molecular weight is 324 g/mol. The molecule has 0 bridgehead atoms. The lowest BCUT2D eigenvalue weighted by molar-refractivity contribution is 0.299. The molecule has 0 fully saturated rings. The van der Waals surface area contributed by atoms with Crippen molar-refractivity contribution in [1.29, 1.82) is 0 Å². The van der Waals surface area contributed by atoms with Gasteiger partial charge in [0.1, 0.15) is 18.2 Å². The second-order valence-electron chi connectivity index (χ2n) is 4.38. The van der Waals surface area contributed by atoms with Gasteiger partial charge in [-0.2, -0.15) is 0 Å². The molecule has 0 aliphatic carbocycles. The number of hydrogen-bond donors (Lipinski definition) is 1. The van der Waals surface area contributed by atoms with Crippen molar-refractivity contribution in [3.8, 4) is 5.75 Å². The Labute approximate surface area is 120 Å². The minimum atomic E-state index is -0.276. The Morgan fingerprint density at radius 2 is 1.89 bits per heavy atom. The largest absolute Gasteiger partial charge is 0.489 e. The smallest absolute Gasteiger partial charge is 0.130 e. The van der Waals surface area contributed by atoms with Crippen LogP contribution in [0.3, 0.4) is 0 Å². The molecule has 0 aliphatic rings. The van der Waals surface area contributed by atoms with E-state index in [1.54, 1.807) is 12.1 Å². The quantitative estimate of drug-likeness (QED) is 0.915. The zero-order chi connectivity index (χ0) is 13.8. The number of hydrogen-bond acceptors (Lipinski definition) is 2. The van der Waals surface area contributed by atoms with Gasteiger partial charge < -0.3 is 10.5 Å². The van der Waals surface area contributed by atoms with E-state index in [4.69, 9.17) is 10.5 Å². The average Bonchev–Trinajstić information content (AvgIpc) is 2.38. The van der Waals surface area contributed by atoms with Crippen molar-refractivity contribution in [2.24, 2.45) is 5.73 Å². The number of nitrogens with two attached hydrogens (primary N) is 1. The summed E-state index contributed by atoms with van der Waals surface area (Å²) in [6, 6.07) is 12.4. The van der Waals surface area contributed by atoms with Gasteiger partial charge in [0.2, 0.25) is 0 Å². The van der Waals surface area contributed by atoms with Crippen LogP contribution in [0.25, 0.3) is 0 Å². The molecule has 0 unspecified atom stereocenters. The van der Waals surface area contributed by atoms with Crippen LogP contribution in [0.2, 0.25) is 0 Å². The molecular formula is C15H15BrFNO.